The average molecular weight is 348 g/mol. The second kappa shape index (κ2) is 6.60. The van der Waals surface area contributed by atoms with Crippen LogP contribution in [0.25, 0.3) is 0 Å². The maximum absolute atomic E-state index is 12.9. The Kier molecular flexibility index (Phi) is 4.53. The number of amides is 2. The predicted molar refractivity (Wildman–Crippen MR) is 87.5 cm³/mol. The number of nitrogens with zero attached hydrogens (tertiary/aromatic N) is 1. The molecule has 5 nitrogen and oxygen atoms in total. The van der Waals surface area contributed by atoms with Gasteiger partial charge in [0.2, 0.25) is 0 Å². The molecule has 0 spiro atoms. The lowest BCUT2D eigenvalue weighted by atomic mass is 10.0. The van der Waals surface area contributed by atoms with E-state index in [4.69, 9.17) is 0 Å². The van der Waals surface area contributed by atoms with Crippen LogP contribution in [0, 0.1) is 5.82 Å². The fourth-order valence-corrected chi connectivity index (χ4v) is 3.69. The van der Waals surface area contributed by atoms with Gasteiger partial charge in [-0.05, 0) is 48.2 Å². The third-order valence-electron chi connectivity index (χ3n) is 4.05. The van der Waals surface area contributed by atoms with Gasteiger partial charge in [0.25, 0.3) is 10.0 Å². The molecule has 1 heterocycles. The number of carbonyl (C=O) groups is 1. The van der Waals surface area contributed by atoms with Gasteiger partial charge in [-0.15, -0.1) is 0 Å². The average Bonchev–Trinajstić information content (AvgIpc) is 2.77. The molecule has 0 aromatic heterocycles. The number of sulfonamides is 1. The van der Waals surface area contributed by atoms with Gasteiger partial charge in [0.15, 0.2) is 0 Å². The molecule has 2 aromatic carbocycles. The zero-order valence-electron chi connectivity index (χ0n) is 12.9. The Morgan fingerprint density at radius 1 is 0.958 bits per heavy atom. The molecule has 0 fully saturated rings. The predicted octanol–water partition coefficient (Wildman–Crippen LogP) is 2.32. The summed E-state index contributed by atoms with van der Waals surface area (Å²) in [4.78, 5) is 13.7. The zero-order valence-corrected chi connectivity index (χ0v) is 13.7. The van der Waals surface area contributed by atoms with Gasteiger partial charge in [0, 0.05) is 13.1 Å². The van der Waals surface area contributed by atoms with Crippen LogP contribution in [0.4, 0.5) is 9.18 Å². The molecule has 0 unspecified atom stereocenters. The third kappa shape index (κ3) is 3.56. The molecule has 126 valence electrons. The zero-order chi connectivity index (χ0) is 17.2. The van der Waals surface area contributed by atoms with Crippen molar-refractivity contribution < 1.29 is 17.6 Å². The third-order valence-corrected chi connectivity index (χ3v) is 5.39. The van der Waals surface area contributed by atoms with E-state index in [0.717, 1.165) is 24.3 Å². The number of halogens is 1. The molecular weight excluding hydrogens is 331 g/mol. The number of hydrogen-bond donors (Lipinski definition) is 1. The fourth-order valence-electron chi connectivity index (χ4n) is 2.72. The van der Waals surface area contributed by atoms with Gasteiger partial charge in [-0.3, -0.25) is 0 Å². The highest BCUT2D eigenvalue weighted by Gasteiger charge is 2.23. The normalized spacial score (nSPS) is 14.6. The van der Waals surface area contributed by atoms with Gasteiger partial charge in [-0.1, -0.05) is 24.3 Å². The van der Waals surface area contributed by atoms with E-state index in [1.165, 1.54) is 16.0 Å². The molecule has 2 aromatic rings. The van der Waals surface area contributed by atoms with Crippen molar-refractivity contribution in [2.45, 2.75) is 17.7 Å². The Morgan fingerprint density at radius 3 is 2.04 bits per heavy atom. The number of urea groups is 1. The van der Waals surface area contributed by atoms with Crippen LogP contribution in [-0.4, -0.2) is 32.4 Å². The number of rotatable bonds is 2. The summed E-state index contributed by atoms with van der Waals surface area (Å²) in [5.41, 5.74) is 2.35. The van der Waals surface area contributed by atoms with E-state index in [-0.39, 0.29) is 4.90 Å². The minimum atomic E-state index is -4.01. The van der Waals surface area contributed by atoms with E-state index < -0.39 is 21.9 Å². The Hall–Kier alpha value is -2.41. The number of benzene rings is 2. The Labute approximate surface area is 140 Å². The van der Waals surface area contributed by atoms with Crippen molar-refractivity contribution in [3.63, 3.8) is 0 Å². The molecule has 1 aliphatic heterocycles. The lowest BCUT2D eigenvalue weighted by molar-refractivity contribution is 0.206. The van der Waals surface area contributed by atoms with Gasteiger partial charge in [-0.2, -0.15) is 0 Å². The molecule has 0 saturated heterocycles. The van der Waals surface area contributed by atoms with E-state index in [9.17, 15) is 17.6 Å². The molecule has 0 saturated carbocycles. The molecular formula is C17H17FN2O3S. The smallest absolute Gasteiger partial charge is 0.323 e. The molecule has 3 rings (SSSR count). The summed E-state index contributed by atoms with van der Waals surface area (Å²) in [5, 5.41) is 0. The van der Waals surface area contributed by atoms with Crippen LogP contribution in [0.3, 0.4) is 0 Å². The van der Waals surface area contributed by atoms with E-state index >= 15 is 0 Å². The molecule has 1 aliphatic rings. The number of hydrogen-bond acceptors (Lipinski definition) is 3. The molecule has 0 radical (unpaired) electrons. The van der Waals surface area contributed by atoms with Crippen molar-refractivity contribution in [2.75, 3.05) is 13.1 Å². The standard InChI is InChI=1S/C17H17FN2O3S/c18-15-5-7-16(8-6-15)24(22,23)19-17(21)20-11-9-13-3-1-2-4-14(13)10-12-20/h1-8H,9-12H2,(H,19,21). The van der Waals surface area contributed by atoms with Gasteiger partial charge < -0.3 is 4.90 Å². The second-order valence-corrected chi connectivity index (χ2v) is 7.30. The van der Waals surface area contributed by atoms with Gasteiger partial charge in [0.1, 0.15) is 5.82 Å². The molecule has 7 heteroatoms. The first-order valence-electron chi connectivity index (χ1n) is 7.60. The number of carbonyl (C=O) groups excluding carboxylic acids is 1. The maximum Gasteiger partial charge on any atom is 0.331 e. The van der Waals surface area contributed by atoms with E-state index in [2.05, 4.69) is 4.72 Å². The summed E-state index contributed by atoms with van der Waals surface area (Å²) >= 11 is 0. The fraction of sp³-hybridized carbons (Fsp3) is 0.235. The van der Waals surface area contributed by atoms with E-state index in [0.29, 0.717) is 25.9 Å². The summed E-state index contributed by atoms with van der Waals surface area (Å²) < 4.78 is 39.4. The Balaban J connectivity index is 1.70. The number of fused-ring (bicyclic) bond motifs is 1. The first kappa shape index (κ1) is 16.4. The molecule has 1 N–H and O–H groups in total. The maximum atomic E-state index is 12.9. The highest BCUT2D eigenvalue weighted by molar-refractivity contribution is 7.90. The highest BCUT2D eigenvalue weighted by atomic mass is 32.2. The largest absolute Gasteiger partial charge is 0.331 e. The first-order valence-corrected chi connectivity index (χ1v) is 9.08. The topological polar surface area (TPSA) is 66.5 Å². The highest BCUT2D eigenvalue weighted by Crippen LogP contribution is 2.16. The minimum Gasteiger partial charge on any atom is -0.323 e. The minimum absolute atomic E-state index is 0.143. The van der Waals surface area contributed by atoms with Crippen LogP contribution >= 0.6 is 0 Å². The molecule has 0 aliphatic carbocycles. The first-order chi connectivity index (χ1) is 11.5. The molecule has 24 heavy (non-hydrogen) atoms. The van der Waals surface area contributed by atoms with Crippen LogP contribution in [0.15, 0.2) is 53.4 Å². The van der Waals surface area contributed by atoms with Gasteiger partial charge in [0.05, 0.1) is 4.90 Å². The second-order valence-electron chi connectivity index (χ2n) is 5.62. The van der Waals surface area contributed by atoms with Crippen LogP contribution in [0.2, 0.25) is 0 Å². The summed E-state index contributed by atoms with van der Waals surface area (Å²) in [5.74, 6) is -0.537. The summed E-state index contributed by atoms with van der Waals surface area (Å²) in [6, 6.07) is 11.6. The van der Waals surface area contributed by atoms with Crippen LogP contribution in [0.1, 0.15) is 11.1 Å². The van der Waals surface area contributed by atoms with Gasteiger partial charge in [-0.25, -0.2) is 22.3 Å². The van der Waals surface area contributed by atoms with E-state index in [1.807, 2.05) is 24.3 Å². The summed E-state index contributed by atoms with van der Waals surface area (Å²) in [6.45, 7) is 0.892. The monoisotopic (exact) mass is 348 g/mol. The Morgan fingerprint density at radius 2 is 1.50 bits per heavy atom. The van der Waals surface area contributed by atoms with Crippen LogP contribution in [-0.2, 0) is 22.9 Å². The molecule has 0 atom stereocenters. The van der Waals surface area contributed by atoms with Crippen molar-refractivity contribution in [2.24, 2.45) is 0 Å². The lowest BCUT2D eigenvalue weighted by Crippen LogP contribution is -2.43. The summed E-state index contributed by atoms with van der Waals surface area (Å²) in [7, 11) is -4.01. The van der Waals surface area contributed by atoms with Crippen molar-refractivity contribution in [3.05, 3.63) is 65.5 Å². The summed E-state index contributed by atoms with van der Waals surface area (Å²) in [6.07, 6.45) is 1.36. The van der Waals surface area contributed by atoms with Crippen molar-refractivity contribution in [1.29, 1.82) is 0 Å². The van der Waals surface area contributed by atoms with E-state index in [1.54, 1.807) is 0 Å². The SMILES string of the molecule is O=C(NS(=O)(=O)c1ccc(F)cc1)N1CCc2ccccc2CC1. The molecule has 0 bridgehead atoms. The van der Waals surface area contributed by atoms with Crippen molar-refractivity contribution >= 4 is 16.1 Å². The van der Waals surface area contributed by atoms with Crippen molar-refractivity contribution in [3.8, 4) is 0 Å². The molecule has 2 amide bonds. The number of nitrogens with one attached hydrogen (secondary N) is 1. The van der Waals surface area contributed by atoms with Crippen molar-refractivity contribution in [1.82, 2.24) is 9.62 Å². The Bertz CT molecular complexity index is 823. The van der Waals surface area contributed by atoms with Crippen LogP contribution in [0.5, 0.6) is 0 Å². The van der Waals surface area contributed by atoms with Crippen LogP contribution < -0.4 is 4.72 Å². The quantitative estimate of drug-likeness (QED) is 0.906. The van der Waals surface area contributed by atoms with Gasteiger partial charge >= 0.3 is 6.03 Å². The lowest BCUT2D eigenvalue weighted by Gasteiger charge is -2.20.